The van der Waals surface area contributed by atoms with E-state index in [1.165, 1.54) is 12.0 Å². The van der Waals surface area contributed by atoms with Gasteiger partial charge in [0.25, 0.3) is 0 Å². The molecule has 1 aliphatic rings. The molecule has 1 rings (SSSR count). The van der Waals surface area contributed by atoms with E-state index < -0.39 is 0 Å². The molecule has 2 N–H and O–H groups in total. The van der Waals surface area contributed by atoms with Crippen LogP contribution >= 0.6 is 0 Å². The monoisotopic (exact) mass is 243 g/mol. The maximum atomic E-state index is 6.36. The second kappa shape index (κ2) is 7.88. The molecular weight excluding hydrogens is 218 g/mol. The van der Waals surface area contributed by atoms with E-state index in [4.69, 9.17) is 5.73 Å². The topological polar surface area (TPSA) is 26.0 Å². The van der Waals surface area contributed by atoms with Crippen molar-refractivity contribution in [2.45, 2.75) is 39.7 Å². The number of rotatable bonds is 4. The molecule has 0 aliphatic heterocycles. The van der Waals surface area contributed by atoms with Gasteiger partial charge in [-0.15, -0.1) is 0 Å². The molecule has 98 valence electrons. The molecule has 0 bridgehead atoms. The maximum Gasteiger partial charge on any atom is 0.0548 e. The number of nitrogens with two attached hydrogens (primary N) is 1. The van der Waals surface area contributed by atoms with Crippen LogP contribution in [0.25, 0.3) is 0 Å². The summed E-state index contributed by atoms with van der Waals surface area (Å²) in [7, 11) is 0. The van der Waals surface area contributed by atoms with Gasteiger partial charge in [0.2, 0.25) is 0 Å². The van der Waals surface area contributed by atoms with Crippen LogP contribution in [-0.4, -0.2) is 6.04 Å². The lowest BCUT2D eigenvalue weighted by molar-refractivity contribution is 0.662. The van der Waals surface area contributed by atoms with Crippen molar-refractivity contribution < 1.29 is 0 Å². The van der Waals surface area contributed by atoms with Crippen LogP contribution in [0, 0.1) is 5.92 Å². The zero-order chi connectivity index (χ0) is 13.4. The Morgan fingerprint density at radius 3 is 2.83 bits per heavy atom. The fourth-order valence-corrected chi connectivity index (χ4v) is 2.04. The molecule has 1 heteroatoms. The molecule has 1 aliphatic carbocycles. The zero-order valence-corrected chi connectivity index (χ0v) is 11.8. The highest BCUT2D eigenvalue weighted by Gasteiger charge is 2.12. The van der Waals surface area contributed by atoms with E-state index >= 15 is 0 Å². The lowest BCUT2D eigenvalue weighted by atomic mass is 9.97. The van der Waals surface area contributed by atoms with Crippen LogP contribution in [0.2, 0.25) is 0 Å². The predicted octanol–water partition coefficient (Wildman–Crippen LogP) is 4.30. The van der Waals surface area contributed by atoms with Crippen LogP contribution in [-0.2, 0) is 0 Å². The molecule has 0 fully saturated rings. The van der Waals surface area contributed by atoms with Gasteiger partial charge in [0.05, 0.1) is 6.04 Å². The first-order valence-corrected chi connectivity index (χ1v) is 6.78. The van der Waals surface area contributed by atoms with Gasteiger partial charge in [0.1, 0.15) is 0 Å². The van der Waals surface area contributed by atoms with Gasteiger partial charge in [-0.2, -0.15) is 0 Å². The minimum absolute atomic E-state index is 0.0288. The smallest absolute Gasteiger partial charge is 0.0548 e. The molecule has 18 heavy (non-hydrogen) atoms. The van der Waals surface area contributed by atoms with E-state index in [-0.39, 0.29) is 6.04 Å². The molecule has 0 spiro atoms. The first-order valence-electron chi connectivity index (χ1n) is 6.78. The van der Waals surface area contributed by atoms with Crippen molar-refractivity contribution in [3.63, 3.8) is 0 Å². The van der Waals surface area contributed by atoms with E-state index in [1.54, 1.807) is 0 Å². The molecule has 2 unspecified atom stereocenters. The van der Waals surface area contributed by atoms with E-state index in [0.717, 1.165) is 12.0 Å². The van der Waals surface area contributed by atoms with Crippen LogP contribution in [0.4, 0.5) is 0 Å². The largest absolute Gasteiger partial charge is 0.320 e. The minimum atomic E-state index is -0.0288. The predicted molar refractivity (Wildman–Crippen MR) is 81.3 cm³/mol. The number of hydrogen-bond acceptors (Lipinski definition) is 1. The Morgan fingerprint density at radius 2 is 2.17 bits per heavy atom. The Bertz CT molecular complexity index is 394. The molecule has 2 atom stereocenters. The second-order valence-electron chi connectivity index (χ2n) is 4.79. The summed E-state index contributed by atoms with van der Waals surface area (Å²) < 4.78 is 0. The Hall–Kier alpha value is -1.34. The molecular formula is C17H25N. The summed E-state index contributed by atoms with van der Waals surface area (Å²) in [5.74, 6) is 0.649. The summed E-state index contributed by atoms with van der Waals surface area (Å²) in [6.07, 6.45) is 19.3. The Balaban J connectivity index is 2.92. The van der Waals surface area contributed by atoms with Crippen LogP contribution in [0.5, 0.6) is 0 Å². The quantitative estimate of drug-likeness (QED) is 0.732. The van der Waals surface area contributed by atoms with Crippen molar-refractivity contribution in [2.24, 2.45) is 11.7 Å². The highest BCUT2D eigenvalue weighted by atomic mass is 14.6. The lowest BCUT2D eigenvalue weighted by Crippen LogP contribution is -2.23. The van der Waals surface area contributed by atoms with E-state index in [2.05, 4.69) is 37.3 Å². The number of allylic oxidation sites excluding steroid dienone is 6. The number of hydrogen-bond donors (Lipinski definition) is 1. The van der Waals surface area contributed by atoms with Crippen molar-refractivity contribution >= 4 is 0 Å². The highest BCUT2D eigenvalue weighted by molar-refractivity contribution is 5.40. The zero-order valence-electron chi connectivity index (χ0n) is 11.8. The SMILES string of the molecule is C\C=C/C(=C\C=C\C)C(N)C1=CCCC(C)C=C1. The van der Waals surface area contributed by atoms with Gasteiger partial charge < -0.3 is 5.73 Å². The second-order valence-corrected chi connectivity index (χ2v) is 4.79. The van der Waals surface area contributed by atoms with Gasteiger partial charge in [-0.1, -0.05) is 55.5 Å². The van der Waals surface area contributed by atoms with Gasteiger partial charge in [-0.05, 0) is 43.8 Å². The molecule has 0 radical (unpaired) electrons. The summed E-state index contributed by atoms with van der Waals surface area (Å²) in [6.45, 7) is 6.29. The third-order valence-corrected chi connectivity index (χ3v) is 3.18. The molecule has 0 amide bonds. The average molecular weight is 243 g/mol. The van der Waals surface area contributed by atoms with Crippen molar-refractivity contribution in [3.05, 3.63) is 59.8 Å². The van der Waals surface area contributed by atoms with Crippen molar-refractivity contribution in [1.29, 1.82) is 0 Å². The molecule has 0 saturated heterocycles. The third kappa shape index (κ3) is 4.50. The molecule has 0 aromatic rings. The molecule has 0 aromatic heterocycles. The third-order valence-electron chi connectivity index (χ3n) is 3.18. The fourth-order valence-electron chi connectivity index (χ4n) is 2.04. The fraction of sp³-hybridized carbons (Fsp3) is 0.412. The molecule has 1 nitrogen and oxygen atoms in total. The summed E-state index contributed by atoms with van der Waals surface area (Å²) in [6, 6.07) is -0.0288. The summed E-state index contributed by atoms with van der Waals surface area (Å²) >= 11 is 0. The normalized spacial score (nSPS) is 23.4. The first-order chi connectivity index (χ1) is 8.69. The van der Waals surface area contributed by atoms with Gasteiger partial charge in [0, 0.05) is 0 Å². The van der Waals surface area contributed by atoms with Gasteiger partial charge >= 0.3 is 0 Å². The van der Waals surface area contributed by atoms with Gasteiger partial charge in [0.15, 0.2) is 0 Å². The van der Waals surface area contributed by atoms with Gasteiger partial charge in [-0.3, -0.25) is 0 Å². The van der Waals surface area contributed by atoms with Crippen LogP contribution in [0.15, 0.2) is 59.8 Å². The van der Waals surface area contributed by atoms with E-state index in [9.17, 15) is 0 Å². The van der Waals surface area contributed by atoms with Crippen LogP contribution in [0.1, 0.15) is 33.6 Å². The van der Waals surface area contributed by atoms with Crippen molar-refractivity contribution in [1.82, 2.24) is 0 Å². The molecule has 0 heterocycles. The highest BCUT2D eigenvalue weighted by Crippen LogP contribution is 2.20. The maximum absolute atomic E-state index is 6.36. The summed E-state index contributed by atoms with van der Waals surface area (Å²) in [5, 5.41) is 0. The Morgan fingerprint density at radius 1 is 1.39 bits per heavy atom. The summed E-state index contributed by atoms with van der Waals surface area (Å²) in [5.41, 5.74) is 8.75. The standard InChI is InChI=1S/C17H25N/c1-4-6-10-15(8-5-2)17(18)16-11-7-9-14(3)12-13-16/h4-6,8,10-14,17H,7,9,18H2,1-3H3/b6-4+,8-5-,15-10+. The van der Waals surface area contributed by atoms with Crippen LogP contribution < -0.4 is 5.73 Å². The minimum Gasteiger partial charge on any atom is -0.320 e. The van der Waals surface area contributed by atoms with E-state index in [0.29, 0.717) is 5.92 Å². The summed E-state index contributed by atoms with van der Waals surface area (Å²) in [4.78, 5) is 0. The Labute approximate surface area is 111 Å². The van der Waals surface area contributed by atoms with E-state index in [1.807, 2.05) is 32.1 Å². The first kappa shape index (κ1) is 14.7. The van der Waals surface area contributed by atoms with Gasteiger partial charge in [-0.25, -0.2) is 0 Å². The van der Waals surface area contributed by atoms with Crippen molar-refractivity contribution in [2.75, 3.05) is 0 Å². The van der Waals surface area contributed by atoms with Crippen molar-refractivity contribution in [3.8, 4) is 0 Å². The Kier molecular flexibility index (Phi) is 6.45. The molecule has 0 aromatic carbocycles. The lowest BCUT2D eigenvalue weighted by Gasteiger charge is -2.14. The average Bonchev–Trinajstić information content (AvgIpc) is 2.58. The van der Waals surface area contributed by atoms with Crippen LogP contribution in [0.3, 0.4) is 0 Å². The molecule has 0 saturated carbocycles.